The number of hydrogen-bond acceptors (Lipinski definition) is 4. The van der Waals surface area contributed by atoms with Crippen molar-refractivity contribution < 1.29 is 14.3 Å². The maximum Gasteiger partial charge on any atom is 0.243 e. The van der Waals surface area contributed by atoms with Gasteiger partial charge in [0.15, 0.2) is 0 Å². The lowest BCUT2D eigenvalue weighted by Crippen LogP contribution is -2.22. The number of amides is 1. The predicted molar refractivity (Wildman–Crippen MR) is 126 cm³/mol. The molecule has 31 heavy (non-hydrogen) atoms. The summed E-state index contributed by atoms with van der Waals surface area (Å²) in [7, 11) is 0. The van der Waals surface area contributed by atoms with Crippen LogP contribution in [-0.4, -0.2) is 25.7 Å². The monoisotopic (exact) mass is 416 g/mol. The lowest BCUT2D eigenvalue weighted by Gasteiger charge is -2.12. The Bertz CT molecular complexity index is 956. The number of aryl methyl sites for hydroxylation is 1. The van der Waals surface area contributed by atoms with Gasteiger partial charge in [0.05, 0.1) is 18.8 Å². The molecule has 0 aromatic heterocycles. The minimum absolute atomic E-state index is 0.131. The topological polar surface area (TPSA) is 59.6 Å². The number of carbonyl (C=O) groups is 1. The molecule has 2 N–H and O–H groups in total. The summed E-state index contributed by atoms with van der Waals surface area (Å²) < 4.78 is 11.4. The summed E-state index contributed by atoms with van der Waals surface area (Å²) in [6.07, 6.45) is 3.62. The zero-order chi connectivity index (χ0) is 21.7. The van der Waals surface area contributed by atoms with Gasteiger partial charge in [-0.1, -0.05) is 55.1 Å². The Hall–Kier alpha value is -3.73. The summed E-state index contributed by atoms with van der Waals surface area (Å²) in [5.41, 5.74) is 2.80. The number of carbonyl (C=O) groups excluding carboxylic acids is 1. The molecule has 0 radical (unpaired) electrons. The van der Waals surface area contributed by atoms with Crippen LogP contribution in [-0.2, 0) is 11.2 Å². The van der Waals surface area contributed by atoms with Gasteiger partial charge in [0.25, 0.3) is 0 Å². The molecule has 3 aromatic rings. The highest BCUT2D eigenvalue weighted by Gasteiger charge is 2.06. The fourth-order valence-corrected chi connectivity index (χ4v) is 3.01. The summed E-state index contributed by atoms with van der Waals surface area (Å²) >= 11 is 0. The molecule has 0 aliphatic carbocycles. The van der Waals surface area contributed by atoms with E-state index in [1.807, 2.05) is 66.7 Å². The molecule has 5 nitrogen and oxygen atoms in total. The molecule has 0 atom stereocenters. The van der Waals surface area contributed by atoms with E-state index in [0.29, 0.717) is 19.0 Å². The van der Waals surface area contributed by atoms with E-state index in [4.69, 9.17) is 9.47 Å². The van der Waals surface area contributed by atoms with Gasteiger partial charge >= 0.3 is 0 Å². The van der Waals surface area contributed by atoms with Crippen LogP contribution in [0.2, 0.25) is 0 Å². The zero-order valence-electron chi connectivity index (χ0n) is 17.6. The fraction of sp³-hybridized carbons (Fsp3) is 0.192. The van der Waals surface area contributed by atoms with Gasteiger partial charge in [-0.25, -0.2) is 0 Å². The SMILES string of the molecule is C=CCOc1ccccc1NCC(=O)Nc1ccc(OCCCc2ccccc2)cc1. The van der Waals surface area contributed by atoms with Gasteiger partial charge in [0.1, 0.15) is 18.1 Å². The normalized spacial score (nSPS) is 10.2. The number of ether oxygens (including phenoxy) is 2. The van der Waals surface area contributed by atoms with Crippen molar-refractivity contribution in [3.05, 3.63) is 97.1 Å². The Kier molecular flexibility index (Phi) is 8.56. The van der Waals surface area contributed by atoms with Gasteiger partial charge in [-0.2, -0.15) is 0 Å². The highest BCUT2D eigenvalue weighted by atomic mass is 16.5. The molecule has 0 unspecified atom stereocenters. The molecule has 0 aliphatic heterocycles. The quantitative estimate of drug-likeness (QED) is 0.310. The van der Waals surface area contributed by atoms with Gasteiger partial charge in [0.2, 0.25) is 5.91 Å². The summed E-state index contributed by atoms with van der Waals surface area (Å²) in [5, 5.41) is 5.98. The third-order valence-corrected chi connectivity index (χ3v) is 4.54. The molecular formula is C26H28N2O3. The van der Waals surface area contributed by atoms with Crippen molar-refractivity contribution in [2.45, 2.75) is 12.8 Å². The molecule has 5 heteroatoms. The van der Waals surface area contributed by atoms with E-state index in [0.717, 1.165) is 30.0 Å². The fourth-order valence-electron chi connectivity index (χ4n) is 3.01. The van der Waals surface area contributed by atoms with Crippen LogP contribution in [0.5, 0.6) is 11.5 Å². The highest BCUT2D eigenvalue weighted by Crippen LogP contribution is 2.23. The predicted octanol–water partition coefficient (Wildman–Crippen LogP) is 5.31. The number of anilines is 2. The third-order valence-electron chi connectivity index (χ3n) is 4.54. The average molecular weight is 417 g/mol. The van der Waals surface area contributed by atoms with Crippen molar-refractivity contribution in [2.75, 3.05) is 30.4 Å². The van der Waals surface area contributed by atoms with Crippen molar-refractivity contribution in [3.63, 3.8) is 0 Å². The summed E-state index contributed by atoms with van der Waals surface area (Å²) in [5.74, 6) is 1.33. The number of hydrogen-bond donors (Lipinski definition) is 2. The molecule has 3 rings (SSSR count). The number of nitrogens with one attached hydrogen (secondary N) is 2. The van der Waals surface area contributed by atoms with Crippen LogP contribution in [0.25, 0.3) is 0 Å². The van der Waals surface area contributed by atoms with E-state index in [9.17, 15) is 4.79 Å². The summed E-state index contributed by atoms with van der Waals surface area (Å²) in [6, 6.07) is 25.3. The van der Waals surface area contributed by atoms with E-state index >= 15 is 0 Å². The van der Waals surface area contributed by atoms with E-state index in [-0.39, 0.29) is 12.5 Å². The van der Waals surface area contributed by atoms with Crippen molar-refractivity contribution in [1.82, 2.24) is 0 Å². The van der Waals surface area contributed by atoms with E-state index in [2.05, 4.69) is 29.3 Å². The van der Waals surface area contributed by atoms with Crippen LogP contribution in [0.3, 0.4) is 0 Å². The second kappa shape index (κ2) is 12.1. The molecule has 160 valence electrons. The minimum atomic E-state index is -0.143. The van der Waals surface area contributed by atoms with E-state index < -0.39 is 0 Å². The Morgan fingerprint density at radius 3 is 2.42 bits per heavy atom. The maximum absolute atomic E-state index is 12.3. The van der Waals surface area contributed by atoms with Crippen LogP contribution in [0.1, 0.15) is 12.0 Å². The lowest BCUT2D eigenvalue weighted by molar-refractivity contribution is -0.114. The van der Waals surface area contributed by atoms with Crippen LogP contribution < -0.4 is 20.1 Å². The van der Waals surface area contributed by atoms with Crippen molar-refractivity contribution >= 4 is 17.3 Å². The van der Waals surface area contributed by atoms with Crippen LogP contribution in [0.15, 0.2) is 91.5 Å². The molecular weight excluding hydrogens is 388 g/mol. The standard InChI is InChI=1S/C26H28N2O3/c1-2-18-31-25-13-7-6-12-24(25)27-20-26(29)28-22-14-16-23(17-15-22)30-19-8-11-21-9-4-3-5-10-21/h2-7,9-10,12-17,27H,1,8,11,18-20H2,(H,28,29). The molecule has 0 spiro atoms. The lowest BCUT2D eigenvalue weighted by atomic mass is 10.1. The van der Waals surface area contributed by atoms with Crippen molar-refractivity contribution in [3.8, 4) is 11.5 Å². The minimum Gasteiger partial charge on any atom is -0.494 e. The molecule has 0 bridgehead atoms. The number of para-hydroxylation sites is 2. The van der Waals surface area contributed by atoms with Crippen LogP contribution >= 0.6 is 0 Å². The van der Waals surface area contributed by atoms with Crippen molar-refractivity contribution in [1.29, 1.82) is 0 Å². The maximum atomic E-state index is 12.3. The number of benzene rings is 3. The first-order chi connectivity index (χ1) is 15.2. The zero-order valence-corrected chi connectivity index (χ0v) is 17.6. The Balaban J connectivity index is 1.40. The van der Waals surface area contributed by atoms with E-state index in [1.165, 1.54) is 5.56 Å². The van der Waals surface area contributed by atoms with Crippen LogP contribution in [0, 0.1) is 0 Å². The average Bonchev–Trinajstić information content (AvgIpc) is 2.81. The second-order valence-electron chi connectivity index (χ2n) is 6.96. The largest absolute Gasteiger partial charge is 0.494 e. The first kappa shape index (κ1) is 22.0. The van der Waals surface area contributed by atoms with Gasteiger partial charge in [-0.3, -0.25) is 4.79 Å². The second-order valence-corrected chi connectivity index (χ2v) is 6.96. The highest BCUT2D eigenvalue weighted by molar-refractivity contribution is 5.94. The van der Waals surface area contributed by atoms with E-state index in [1.54, 1.807) is 6.08 Å². The summed E-state index contributed by atoms with van der Waals surface area (Å²) in [4.78, 5) is 12.3. The Morgan fingerprint density at radius 2 is 1.65 bits per heavy atom. The first-order valence-corrected chi connectivity index (χ1v) is 10.4. The molecule has 0 fully saturated rings. The molecule has 0 aliphatic rings. The van der Waals surface area contributed by atoms with Gasteiger partial charge in [0, 0.05) is 5.69 Å². The Morgan fingerprint density at radius 1 is 0.903 bits per heavy atom. The first-order valence-electron chi connectivity index (χ1n) is 10.4. The van der Waals surface area contributed by atoms with Gasteiger partial charge in [-0.05, 0) is 54.8 Å². The van der Waals surface area contributed by atoms with Gasteiger partial charge < -0.3 is 20.1 Å². The molecule has 0 saturated heterocycles. The molecule has 0 saturated carbocycles. The smallest absolute Gasteiger partial charge is 0.243 e. The van der Waals surface area contributed by atoms with Gasteiger partial charge in [-0.15, -0.1) is 0 Å². The van der Waals surface area contributed by atoms with Crippen LogP contribution in [0.4, 0.5) is 11.4 Å². The number of rotatable bonds is 12. The Labute approximate surface area is 183 Å². The molecule has 1 amide bonds. The van der Waals surface area contributed by atoms with Crippen molar-refractivity contribution in [2.24, 2.45) is 0 Å². The molecule has 3 aromatic carbocycles. The molecule has 0 heterocycles. The summed E-state index contributed by atoms with van der Waals surface area (Å²) in [6.45, 7) is 4.84. The third kappa shape index (κ3) is 7.55.